The van der Waals surface area contributed by atoms with Gasteiger partial charge in [0.25, 0.3) is 0 Å². The van der Waals surface area contributed by atoms with Crippen molar-refractivity contribution in [2.24, 2.45) is 11.1 Å². The number of pyridine rings is 1. The molecule has 1 atom stereocenters. The van der Waals surface area contributed by atoms with Crippen molar-refractivity contribution in [2.45, 2.75) is 25.8 Å². The summed E-state index contributed by atoms with van der Waals surface area (Å²) in [6, 6.07) is 3.71. The van der Waals surface area contributed by atoms with Gasteiger partial charge in [0.15, 0.2) is 0 Å². The van der Waals surface area contributed by atoms with Gasteiger partial charge in [-0.05, 0) is 13.0 Å². The molecular weight excluding hydrogens is 442 g/mol. The molecule has 2 aromatic rings. The minimum absolute atomic E-state index is 0.114. The molecule has 2 fully saturated rings. The molecule has 4 rings (SSSR count). The first kappa shape index (κ1) is 23.1. The van der Waals surface area contributed by atoms with Crippen LogP contribution >= 0.6 is 0 Å². The molecule has 0 aromatic carbocycles. The molecule has 0 saturated carbocycles. The number of primary amides is 1. The number of carbonyl (C=O) groups excluding carboxylic acids is 1. The number of H-pyrrole nitrogens is 1. The van der Waals surface area contributed by atoms with E-state index in [9.17, 15) is 9.35 Å². The highest BCUT2D eigenvalue weighted by atomic mass is 32.2. The quantitative estimate of drug-likeness (QED) is 0.290. The number of carbonyl (C=O) groups is 1. The molecule has 1 amide bonds. The van der Waals surface area contributed by atoms with Crippen LogP contribution in [0.2, 0.25) is 0 Å². The minimum atomic E-state index is -1.03. The van der Waals surface area contributed by atoms with Gasteiger partial charge in [-0.2, -0.15) is 5.10 Å². The van der Waals surface area contributed by atoms with E-state index in [1.807, 2.05) is 6.07 Å². The highest BCUT2D eigenvalue weighted by molar-refractivity contribution is 7.91. The summed E-state index contributed by atoms with van der Waals surface area (Å²) in [7, 11) is 0. The zero-order valence-electron chi connectivity index (χ0n) is 18.4. The van der Waals surface area contributed by atoms with Crippen molar-refractivity contribution in [1.29, 1.82) is 5.41 Å². The minimum Gasteiger partial charge on any atom is -0.616 e. The number of nitrogens with zero attached hydrogens (tertiary/aromatic N) is 3. The van der Waals surface area contributed by atoms with Crippen molar-refractivity contribution < 1.29 is 14.1 Å². The normalized spacial score (nSPS) is 25.1. The molecule has 2 saturated heterocycles. The summed E-state index contributed by atoms with van der Waals surface area (Å²) < 4.78 is 17.4. The van der Waals surface area contributed by atoms with Gasteiger partial charge in [-0.15, -0.1) is 0 Å². The lowest BCUT2D eigenvalue weighted by Gasteiger charge is -2.34. The van der Waals surface area contributed by atoms with Crippen molar-refractivity contribution in [2.75, 3.05) is 41.5 Å². The third kappa shape index (κ3) is 4.98. The molecule has 174 valence electrons. The summed E-state index contributed by atoms with van der Waals surface area (Å²) >= 11 is -0.950. The first-order valence-electron chi connectivity index (χ1n) is 10.8. The Balaban J connectivity index is 1.79. The number of hydrogen-bond donors (Lipinski definition) is 4. The molecule has 0 spiro atoms. The zero-order chi connectivity index (χ0) is 23.4. The number of amides is 1. The van der Waals surface area contributed by atoms with E-state index in [2.05, 4.69) is 39.2 Å². The predicted octanol–water partition coefficient (Wildman–Crippen LogP) is 1.14. The van der Waals surface area contributed by atoms with Crippen LogP contribution in [0.25, 0.3) is 0 Å². The van der Waals surface area contributed by atoms with Crippen molar-refractivity contribution in [3.8, 4) is 11.8 Å². The standard InChI is InChI=1S/C22H27N7O3S/c1-15-14-32-9-8-29(15)19-12-16(2-4-22(21(24)30)5-10-33(31)11-6-22)17(13-23)20(27-19)26-18-3-7-25-28-18/h3,7,12-13,15,23H,5-6,8-11,14H2,1H3,(H2,24,30)(H2,25,26,27,28)/t15-,22?,33?/m1/s1. The Morgan fingerprint density at radius 2 is 2.30 bits per heavy atom. The van der Waals surface area contributed by atoms with Crippen LogP contribution in [0, 0.1) is 22.7 Å². The van der Waals surface area contributed by atoms with E-state index in [4.69, 9.17) is 20.9 Å². The third-order valence-corrected chi connectivity index (χ3v) is 7.35. The third-order valence-electron chi connectivity index (χ3n) is 6.03. The summed E-state index contributed by atoms with van der Waals surface area (Å²) in [6.45, 7) is 3.90. The van der Waals surface area contributed by atoms with Crippen LogP contribution in [0.3, 0.4) is 0 Å². The molecule has 0 bridgehead atoms. The molecule has 2 aromatic heterocycles. The van der Waals surface area contributed by atoms with Crippen molar-refractivity contribution in [1.82, 2.24) is 15.2 Å². The number of ether oxygens (including phenoxy) is 1. The van der Waals surface area contributed by atoms with Crippen LogP contribution < -0.4 is 16.0 Å². The van der Waals surface area contributed by atoms with E-state index in [1.165, 1.54) is 6.21 Å². The van der Waals surface area contributed by atoms with E-state index in [0.29, 0.717) is 72.7 Å². The largest absolute Gasteiger partial charge is 0.616 e. The topological polar surface area (TPSA) is 156 Å². The summed E-state index contributed by atoms with van der Waals surface area (Å²) in [6.07, 6.45) is 3.53. The molecule has 0 unspecified atom stereocenters. The van der Waals surface area contributed by atoms with Crippen molar-refractivity contribution >= 4 is 40.8 Å². The molecule has 2 aliphatic heterocycles. The number of nitrogens with one attached hydrogen (secondary N) is 3. The van der Waals surface area contributed by atoms with Crippen LogP contribution in [0.1, 0.15) is 30.9 Å². The molecule has 10 nitrogen and oxygen atoms in total. The van der Waals surface area contributed by atoms with Crippen LogP contribution in [-0.4, -0.2) is 69.2 Å². The number of nitrogens with two attached hydrogens (primary N) is 1. The second-order valence-electron chi connectivity index (χ2n) is 8.19. The average molecular weight is 470 g/mol. The number of hydrogen-bond acceptors (Lipinski definition) is 8. The van der Waals surface area contributed by atoms with Crippen LogP contribution in [-0.2, 0) is 20.7 Å². The maximum atomic E-state index is 12.3. The van der Waals surface area contributed by atoms with Crippen LogP contribution in [0.15, 0.2) is 18.3 Å². The van der Waals surface area contributed by atoms with Crippen molar-refractivity contribution in [3.05, 3.63) is 29.5 Å². The van der Waals surface area contributed by atoms with Gasteiger partial charge in [-0.1, -0.05) is 23.0 Å². The lowest BCUT2D eigenvalue weighted by atomic mass is 9.81. The molecule has 5 N–H and O–H groups in total. The SMILES string of the molecule is C[C@@H]1COCCN1c1cc(C#CC2(C(N)=O)CC[S+]([O-])CC2)c(C=N)c(Nc2ccn[nH]2)n1. The first-order valence-corrected chi connectivity index (χ1v) is 12.2. The molecule has 33 heavy (non-hydrogen) atoms. The zero-order valence-corrected chi connectivity index (χ0v) is 19.2. The Bertz CT molecular complexity index is 1070. The smallest absolute Gasteiger partial charge is 0.236 e. The summed E-state index contributed by atoms with van der Waals surface area (Å²) in [5, 5.41) is 18.0. The molecule has 0 radical (unpaired) electrons. The van der Waals surface area contributed by atoms with Gasteiger partial charge in [0.1, 0.15) is 34.4 Å². The Kier molecular flexibility index (Phi) is 6.88. The predicted molar refractivity (Wildman–Crippen MR) is 127 cm³/mol. The van der Waals surface area contributed by atoms with Crippen LogP contribution in [0.5, 0.6) is 0 Å². The second kappa shape index (κ2) is 9.82. The Labute approximate surface area is 195 Å². The highest BCUT2D eigenvalue weighted by Crippen LogP contribution is 2.33. The molecule has 0 aliphatic carbocycles. The van der Waals surface area contributed by atoms with Gasteiger partial charge in [-0.3, -0.25) is 9.89 Å². The fraction of sp³-hybridized carbons (Fsp3) is 0.455. The van der Waals surface area contributed by atoms with E-state index in [1.54, 1.807) is 12.3 Å². The lowest BCUT2D eigenvalue weighted by Crippen LogP contribution is -2.44. The van der Waals surface area contributed by atoms with Gasteiger partial charge in [0, 0.05) is 37.2 Å². The maximum Gasteiger partial charge on any atom is 0.236 e. The number of aromatic nitrogens is 3. The first-order chi connectivity index (χ1) is 15.9. The van der Waals surface area contributed by atoms with Crippen molar-refractivity contribution in [3.63, 3.8) is 0 Å². The average Bonchev–Trinajstić information content (AvgIpc) is 3.32. The second-order valence-corrected chi connectivity index (χ2v) is 9.89. The van der Waals surface area contributed by atoms with Gasteiger partial charge in [0.2, 0.25) is 5.91 Å². The number of rotatable bonds is 5. The Morgan fingerprint density at radius 1 is 1.52 bits per heavy atom. The van der Waals surface area contributed by atoms with Gasteiger partial charge in [0.05, 0.1) is 31.0 Å². The van der Waals surface area contributed by atoms with E-state index in [0.717, 1.165) is 0 Å². The van der Waals surface area contributed by atoms with E-state index >= 15 is 0 Å². The number of anilines is 3. The molecule has 2 aliphatic rings. The summed E-state index contributed by atoms with van der Waals surface area (Å²) in [5.74, 6) is 8.27. The fourth-order valence-electron chi connectivity index (χ4n) is 3.98. The molecule has 11 heteroatoms. The molecular formula is C22H27N7O3S. The summed E-state index contributed by atoms with van der Waals surface area (Å²) in [5.41, 5.74) is 5.74. The van der Waals surface area contributed by atoms with Gasteiger partial charge in [-0.25, -0.2) is 4.98 Å². The number of aromatic amines is 1. The fourth-order valence-corrected chi connectivity index (χ4v) is 5.33. The Hall–Kier alpha value is -3.07. The Morgan fingerprint density at radius 3 is 2.94 bits per heavy atom. The van der Waals surface area contributed by atoms with E-state index in [-0.39, 0.29) is 6.04 Å². The maximum absolute atomic E-state index is 12.3. The number of morpholine rings is 1. The molecule has 4 heterocycles. The van der Waals surface area contributed by atoms with Crippen LogP contribution in [0.4, 0.5) is 17.5 Å². The van der Waals surface area contributed by atoms with E-state index < -0.39 is 22.5 Å². The lowest BCUT2D eigenvalue weighted by molar-refractivity contribution is -0.125. The monoisotopic (exact) mass is 469 g/mol. The summed E-state index contributed by atoms with van der Waals surface area (Å²) in [4.78, 5) is 19.2. The highest BCUT2D eigenvalue weighted by Gasteiger charge is 2.41. The van der Waals surface area contributed by atoms with Gasteiger partial charge >= 0.3 is 0 Å². The van der Waals surface area contributed by atoms with Gasteiger partial charge < -0.3 is 30.6 Å².